The van der Waals surface area contributed by atoms with Gasteiger partial charge in [-0.05, 0) is 75.4 Å². The topological polar surface area (TPSA) is 34.8 Å². The number of furan rings is 1. The van der Waals surface area contributed by atoms with Gasteiger partial charge in [-0.2, -0.15) is 0 Å². The molecular weight excluding hydrogens is 442 g/mol. The molecule has 0 saturated heterocycles. The molecule has 146 valence electrons. The van der Waals surface area contributed by atoms with Gasteiger partial charge in [0.15, 0.2) is 16.2 Å². The number of benzene rings is 2. The molecule has 1 unspecified atom stereocenters. The van der Waals surface area contributed by atoms with Crippen LogP contribution in [0.4, 0.5) is 0 Å². The van der Waals surface area contributed by atoms with Gasteiger partial charge in [0.25, 0.3) is 0 Å². The van der Waals surface area contributed by atoms with E-state index in [4.69, 9.17) is 25.5 Å². The monoisotopic (exact) mass is 461 g/mol. The van der Waals surface area contributed by atoms with E-state index in [0.29, 0.717) is 6.54 Å². The Kier molecular flexibility index (Phi) is 5.67. The van der Waals surface area contributed by atoms with Crippen LogP contribution in [0.15, 0.2) is 57.6 Å². The van der Waals surface area contributed by atoms with E-state index in [1.807, 2.05) is 30.3 Å². The first-order valence-corrected chi connectivity index (χ1v) is 10.2. The second-order valence-corrected chi connectivity index (χ2v) is 8.01. The lowest BCUT2D eigenvalue weighted by atomic mass is 9.87. The van der Waals surface area contributed by atoms with Crippen LogP contribution in [0, 0.1) is 0 Å². The molecule has 0 N–H and O–H groups in total. The van der Waals surface area contributed by atoms with Crippen LogP contribution in [0.1, 0.15) is 28.5 Å². The zero-order valence-corrected chi connectivity index (χ0v) is 18.1. The molecule has 4 rings (SSSR count). The molecule has 1 aliphatic rings. The van der Waals surface area contributed by atoms with Crippen molar-refractivity contribution in [3.05, 3.63) is 80.7 Å². The lowest BCUT2D eigenvalue weighted by Gasteiger charge is -2.37. The molecule has 0 aliphatic carbocycles. The molecule has 0 bridgehead atoms. The highest BCUT2D eigenvalue weighted by Gasteiger charge is 2.31. The van der Waals surface area contributed by atoms with Gasteiger partial charge in [-0.15, -0.1) is 0 Å². The predicted octanol–water partition coefficient (Wildman–Crippen LogP) is 5.86. The second-order valence-electron chi connectivity index (χ2n) is 6.79. The summed E-state index contributed by atoms with van der Waals surface area (Å²) in [6.07, 6.45) is 0.925. The van der Waals surface area contributed by atoms with Crippen LogP contribution in [0.3, 0.4) is 0 Å². The third-order valence-electron chi connectivity index (χ3n) is 5.13. The molecule has 0 amide bonds. The Hall–Kier alpha value is -1.95. The van der Waals surface area contributed by atoms with Gasteiger partial charge in [0.1, 0.15) is 5.76 Å². The lowest BCUT2D eigenvalue weighted by Crippen LogP contribution is -2.35. The van der Waals surface area contributed by atoms with Crippen LogP contribution < -0.4 is 9.47 Å². The second kappa shape index (κ2) is 8.19. The van der Waals surface area contributed by atoms with Crippen molar-refractivity contribution in [1.82, 2.24) is 4.90 Å². The molecule has 1 atom stereocenters. The number of ether oxygens (including phenoxy) is 2. The molecule has 2 aromatic carbocycles. The fraction of sp³-hybridized carbons (Fsp3) is 0.273. The van der Waals surface area contributed by atoms with Crippen molar-refractivity contribution < 1.29 is 13.9 Å². The molecule has 1 aromatic heterocycles. The maximum Gasteiger partial charge on any atom is 0.169 e. The maximum atomic E-state index is 6.32. The molecule has 2 heterocycles. The van der Waals surface area contributed by atoms with Crippen molar-refractivity contribution >= 4 is 27.5 Å². The first-order chi connectivity index (χ1) is 13.6. The van der Waals surface area contributed by atoms with E-state index in [1.165, 1.54) is 11.1 Å². The quantitative estimate of drug-likeness (QED) is 0.476. The normalized spacial score (nSPS) is 16.6. The van der Waals surface area contributed by atoms with Gasteiger partial charge in [-0.3, -0.25) is 4.90 Å². The van der Waals surface area contributed by atoms with Gasteiger partial charge in [0.05, 0.1) is 26.8 Å². The summed E-state index contributed by atoms with van der Waals surface area (Å²) < 4.78 is 17.6. The van der Waals surface area contributed by atoms with E-state index in [9.17, 15) is 0 Å². The molecule has 0 radical (unpaired) electrons. The molecule has 4 nitrogen and oxygen atoms in total. The molecule has 1 aliphatic heterocycles. The van der Waals surface area contributed by atoms with E-state index in [1.54, 1.807) is 14.2 Å². The first kappa shape index (κ1) is 19.4. The minimum Gasteiger partial charge on any atom is -0.493 e. The average Bonchev–Trinajstić information content (AvgIpc) is 3.11. The van der Waals surface area contributed by atoms with Crippen molar-refractivity contribution in [3.8, 4) is 11.5 Å². The minimum absolute atomic E-state index is 0.0473. The summed E-state index contributed by atoms with van der Waals surface area (Å²) >= 11 is 9.71. The highest BCUT2D eigenvalue weighted by Crippen LogP contribution is 2.42. The number of methoxy groups -OCH3 is 2. The van der Waals surface area contributed by atoms with Crippen molar-refractivity contribution in [2.24, 2.45) is 0 Å². The minimum atomic E-state index is 0.0473. The van der Waals surface area contributed by atoms with E-state index >= 15 is 0 Å². The van der Waals surface area contributed by atoms with Gasteiger partial charge in [-0.25, -0.2) is 0 Å². The van der Waals surface area contributed by atoms with Gasteiger partial charge >= 0.3 is 0 Å². The Morgan fingerprint density at radius 1 is 1.11 bits per heavy atom. The third kappa shape index (κ3) is 3.79. The van der Waals surface area contributed by atoms with Crippen LogP contribution in [-0.2, 0) is 13.0 Å². The summed E-state index contributed by atoms with van der Waals surface area (Å²) in [5.41, 5.74) is 3.61. The molecule has 28 heavy (non-hydrogen) atoms. The van der Waals surface area contributed by atoms with Crippen LogP contribution in [0.5, 0.6) is 11.5 Å². The number of fused-ring (bicyclic) bond motifs is 1. The molecule has 0 fully saturated rings. The summed E-state index contributed by atoms with van der Waals surface area (Å²) in [4.78, 5) is 2.41. The zero-order chi connectivity index (χ0) is 19.7. The van der Waals surface area contributed by atoms with E-state index < -0.39 is 0 Å². The first-order valence-electron chi connectivity index (χ1n) is 9.07. The Morgan fingerprint density at radius 3 is 2.57 bits per heavy atom. The fourth-order valence-corrected chi connectivity index (χ4v) is 4.41. The average molecular weight is 463 g/mol. The van der Waals surface area contributed by atoms with Crippen LogP contribution in [-0.4, -0.2) is 25.7 Å². The number of hydrogen-bond acceptors (Lipinski definition) is 4. The largest absolute Gasteiger partial charge is 0.493 e. The lowest BCUT2D eigenvalue weighted by molar-refractivity contribution is 0.187. The van der Waals surface area contributed by atoms with Crippen LogP contribution in [0.2, 0.25) is 5.02 Å². The highest BCUT2D eigenvalue weighted by molar-refractivity contribution is 9.10. The molecule has 0 saturated carbocycles. The van der Waals surface area contributed by atoms with E-state index in [0.717, 1.165) is 45.5 Å². The molecule has 6 heteroatoms. The predicted molar refractivity (Wildman–Crippen MR) is 113 cm³/mol. The number of nitrogens with zero attached hydrogens (tertiary/aromatic N) is 1. The molecule has 3 aromatic rings. The number of hydrogen-bond donors (Lipinski definition) is 0. The van der Waals surface area contributed by atoms with E-state index in [2.05, 4.69) is 39.0 Å². The van der Waals surface area contributed by atoms with Crippen molar-refractivity contribution in [3.63, 3.8) is 0 Å². The fourth-order valence-electron chi connectivity index (χ4n) is 3.87. The molecular formula is C22H21BrClNO3. The number of halogens is 2. The summed E-state index contributed by atoms with van der Waals surface area (Å²) in [5.74, 6) is 2.41. The van der Waals surface area contributed by atoms with Crippen molar-refractivity contribution in [2.45, 2.75) is 19.0 Å². The molecule has 0 spiro atoms. The van der Waals surface area contributed by atoms with Crippen molar-refractivity contribution in [2.75, 3.05) is 20.8 Å². The van der Waals surface area contributed by atoms with E-state index in [-0.39, 0.29) is 6.04 Å². The van der Waals surface area contributed by atoms with Gasteiger partial charge in [-0.1, -0.05) is 23.7 Å². The van der Waals surface area contributed by atoms with Gasteiger partial charge in [0, 0.05) is 11.6 Å². The third-order valence-corrected chi connectivity index (χ3v) is 5.79. The number of rotatable bonds is 5. The maximum absolute atomic E-state index is 6.32. The SMILES string of the molecule is COc1cc2c(cc1OC)C(c1cccc(Cl)c1)N(Cc1ccc(Br)o1)CC2. The Bertz CT molecular complexity index is 988. The highest BCUT2D eigenvalue weighted by atomic mass is 79.9. The van der Waals surface area contributed by atoms with Gasteiger partial charge in [0.2, 0.25) is 0 Å². The summed E-state index contributed by atoms with van der Waals surface area (Å²) in [7, 11) is 3.34. The standard InChI is InChI=1S/C22H21BrClNO3/c1-26-19-11-14-8-9-25(13-17-6-7-21(23)28-17)22(18(14)12-20(19)27-2)15-4-3-5-16(24)10-15/h3-7,10-12,22H,8-9,13H2,1-2H3. The summed E-state index contributed by atoms with van der Waals surface area (Å²) in [5, 5.41) is 0.728. The van der Waals surface area contributed by atoms with Crippen molar-refractivity contribution in [1.29, 1.82) is 0 Å². The van der Waals surface area contributed by atoms with Crippen LogP contribution in [0.25, 0.3) is 0 Å². The Morgan fingerprint density at radius 2 is 1.89 bits per heavy atom. The Balaban J connectivity index is 1.80. The summed E-state index contributed by atoms with van der Waals surface area (Å²) in [6.45, 7) is 1.61. The van der Waals surface area contributed by atoms with Crippen LogP contribution >= 0.6 is 27.5 Å². The zero-order valence-electron chi connectivity index (χ0n) is 15.7. The Labute approximate surface area is 178 Å². The van der Waals surface area contributed by atoms with Gasteiger partial charge < -0.3 is 13.9 Å². The summed E-state index contributed by atoms with van der Waals surface area (Å²) in [6, 6.07) is 16.2. The smallest absolute Gasteiger partial charge is 0.169 e.